The molecule has 1 aliphatic rings. The fraction of sp³-hybridized carbons (Fsp3) is 0.500. The van der Waals surface area contributed by atoms with Gasteiger partial charge < -0.3 is 10.5 Å². The predicted molar refractivity (Wildman–Crippen MR) is 85.9 cm³/mol. The van der Waals surface area contributed by atoms with Crippen LogP contribution >= 0.6 is 12.2 Å². The van der Waals surface area contributed by atoms with Crippen LogP contribution < -0.4 is 5.73 Å². The van der Waals surface area contributed by atoms with Gasteiger partial charge in [0, 0.05) is 25.3 Å². The molecule has 1 aromatic rings. The maximum atomic E-state index is 12.9. The Kier molecular flexibility index (Phi) is 4.98. The second kappa shape index (κ2) is 6.39. The first kappa shape index (κ1) is 16.4. The van der Waals surface area contributed by atoms with Crippen molar-refractivity contribution in [3.8, 4) is 0 Å². The lowest BCUT2D eigenvalue weighted by Crippen LogP contribution is -2.36. The Balaban J connectivity index is 2.41. The van der Waals surface area contributed by atoms with Crippen molar-refractivity contribution in [2.24, 2.45) is 5.73 Å². The molecular formula is C14H20N2O3S2. The van der Waals surface area contributed by atoms with Crippen molar-refractivity contribution in [3.05, 3.63) is 29.3 Å². The monoisotopic (exact) mass is 328 g/mol. The van der Waals surface area contributed by atoms with Crippen LogP contribution in [0.3, 0.4) is 0 Å². The van der Waals surface area contributed by atoms with Crippen molar-refractivity contribution >= 4 is 27.2 Å². The van der Waals surface area contributed by atoms with Crippen LogP contribution in [0.15, 0.2) is 23.1 Å². The lowest BCUT2D eigenvalue weighted by Gasteiger charge is -2.23. The Morgan fingerprint density at radius 1 is 1.48 bits per heavy atom. The van der Waals surface area contributed by atoms with Gasteiger partial charge in [-0.1, -0.05) is 24.4 Å². The first-order chi connectivity index (χ1) is 9.87. The molecule has 7 heteroatoms. The zero-order chi connectivity index (χ0) is 15.6. The standard InChI is InChI=1S/C14H20N2O3S2/c1-10-3-4-11(14(15)20)9-13(10)21(17,18)16(7-8-19-2)12-5-6-12/h3-4,9,12H,5-8H2,1-2H3,(H2,15,20). The number of ether oxygens (including phenoxy) is 1. The molecular weight excluding hydrogens is 308 g/mol. The van der Waals surface area contributed by atoms with Gasteiger partial charge in [-0.2, -0.15) is 4.31 Å². The minimum atomic E-state index is -3.56. The van der Waals surface area contributed by atoms with E-state index in [0.29, 0.717) is 24.3 Å². The van der Waals surface area contributed by atoms with Gasteiger partial charge in [0.1, 0.15) is 4.99 Å². The predicted octanol–water partition coefficient (Wildman–Crippen LogP) is 1.43. The zero-order valence-corrected chi connectivity index (χ0v) is 13.8. The van der Waals surface area contributed by atoms with Crippen molar-refractivity contribution in [1.82, 2.24) is 4.31 Å². The second-order valence-electron chi connectivity index (χ2n) is 5.18. The molecule has 2 N–H and O–H groups in total. The molecule has 0 amide bonds. The summed E-state index contributed by atoms with van der Waals surface area (Å²) in [4.78, 5) is 0.470. The van der Waals surface area contributed by atoms with E-state index in [1.165, 1.54) is 4.31 Å². The summed E-state index contributed by atoms with van der Waals surface area (Å²) >= 11 is 4.94. The van der Waals surface area contributed by atoms with Crippen molar-refractivity contribution < 1.29 is 13.2 Å². The molecule has 21 heavy (non-hydrogen) atoms. The molecule has 5 nitrogen and oxygen atoms in total. The Morgan fingerprint density at radius 2 is 2.14 bits per heavy atom. The van der Waals surface area contributed by atoms with Gasteiger partial charge in [-0.05, 0) is 31.4 Å². The van der Waals surface area contributed by atoms with Gasteiger partial charge in [0.15, 0.2) is 0 Å². The summed E-state index contributed by atoms with van der Waals surface area (Å²) in [5, 5.41) is 0. The van der Waals surface area contributed by atoms with E-state index in [2.05, 4.69) is 0 Å². The van der Waals surface area contributed by atoms with Gasteiger partial charge >= 0.3 is 0 Å². The topological polar surface area (TPSA) is 72.6 Å². The third-order valence-corrected chi connectivity index (χ3v) is 5.86. The van der Waals surface area contributed by atoms with E-state index in [0.717, 1.165) is 12.8 Å². The number of thiocarbonyl (C=S) groups is 1. The molecule has 116 valence electrons. The van der Waals surface area contributed by atoms with Crippen LogP contribution in [0.25, 0.3) is 0 Å². The zero-order valence-electron chi connectivity index (χ0n) is 12.2. The van der Waals surface area contributed by atoms with Crippen LogP contribution in [-0.2, 0) is 14.8 Å². The summed E-state index contributed by atoms with van der Waals surface area (Å²) in [5.74, 6) is 0. The van der Waals surface area contributed by atoms with Gasteiger partial charge in [0.25, 0.3) is 0 Å². The molecule has 0 radical (unpaired) electrons. The number of nitrogens with two attached hydrogens (primary N) is 1. The molecule has 0 spiro atoms. The van der Waals surface area contributed by atoms with Crippen LogP contribution in [0, 0.1) is 6.92 Å². The van der Waals surface area contributed by atoms with Crippen LogP contribution in [0.5, 0.6) is 0 Å². The van der Waals surface area contributed by atoms with E-state index in [-0.39, 0.29) is 15.9 Å². The van der Waals surface area contributed by atoms with Gasteiger partial charge in [-0.3, -0.25) is 0 Å². The normalized spacial score (nSPS) is 15.4. The lowest BCUT2D eigenvalue weighted by molar-refractivity contribution is 0.177. The average molecular weight is 328 g/mol. The first-order valence-corrected chi connectivity index (χ1v) is 8.64. The number of sulfonamides is 1. The maximum Gasteiger partial charge on any atom is 0.243 e. The van der Waals surface area contributed by atoms with E-state index in [4.69, 9.17) is 22.7 Å². The summed E-state index contributed by atoms with van der Waals surface area (Å²) < 4.78 is 32.4. The van der Waals surface area contributed by atoms with E-state index in [1.807, 2.05) is 0 Å². The molecule has 0 heterocycles. The number of hydrogen-bond acceptors (Lipinski definition) is 4. The summed E-state index contributed by atoms with van der Waals surface area (Å²) in [6.45, 7) is 2.52. The van der Waals surface area contributed by atoms with Gasteiger partial charge in [-0.25, -0.2) is 8.42 Å². The third-order valence-electron chi connectivity index (χ3n) is 3.53. The SMILES string of the molecule is COCCN(C1CC1)S(=O)(=O)c1cc(C(N)=S)ccc1C. The number of benzene rings is 1. The number of methoxy groups -OCH3 is 1. The van der Waals surface area contributed by atoms with Crippen molar-refractivity contribution in [2.75, 3.05) is 20.3 Å². The number of aryl methyl sites for hydroxylation is 1. The van der Waals surface area contributed by atoms with Crippen molar-refractivity contribution in [3.63, 3.8) is 0 Å². The number of nitrogens with zero attached hydrogens (tertiary/aromatic N) is 1. The largest absolute Gasteiger partial charge is 0.389 e. The smallest absolute Gasteiger partial charge is 0.243 e. The number of hydrogen-bond donors (Lipinski definition) is 1. The van der Waals surface area contributed by atoms with Crippen LogP contribution in [-0.4, -0.2) is 44.0 Å². The first-order valence-electron chi connectivity index (χ1n) is 6.79. The summed E-state index contributed by atoms with van der Waals surface area (Å²) in [6, 6.07) is 5.13. The quantitative estimate of drug-likeness (QED) is 0.767. The van der Waals surface area contributed by atoms with Crippen LogP contribution in [0.2, 0.25) is 0 Å². The lowest BCUT2D eigenvalue weighted by atomic mass is 10.1. The van der Waals surface area contributed by atoms with Crippen LogP contribution in [0.1, 0.15) is 24.0 Å². The molecule has 0 aliphatic heterocycles. The van der Waals surface area contributed by atoms with Crippen molar-refractivity contribution in [2.45, 2.75) is 30.7 Å². The summed E-state index contributed by atoms with van der Waals surface area (Å²) in [7, 11) is -1.99. The molecule has 1 saturated carbocycles. The van der Waals surface area contributed by atoms with E-state index < -0.39 is 10.0 Å². The van der Waals surface area contributed by atoms with Crippen LogP contribution in [0.4, 0.5) is 0 Å². The number of rotatable bonds is 7. The highest BCUT2D eigenvalue weighted by Crippen LogP contribution is 2.33. The highest BCUT2D eigenvalue weighted by Gasteiger charge is 2.38. The molecule has 1 fully saturated rings. The molecule has 0 bridgehead atoms. The Morgan fingerprint density at radius 3 is 2.67 bits per heavy atom. The average Bonchev–Trinajstić information content (AvgIpc) is 3.23. The highest BCUT2D eigenvalue weighted by molar-refractivity contribution is 7.89. The van der Waals surface area contributed by atoms with Crippen molar-refractivity contribution in [1.29, 1.82) is 0 Å². The molecule has 0 aromatic heterocycles. The maximum absolute atomic E-state index is 12.9. The van der Waals surface area contributed by atoms with Gasteiger partial charge in [-0.15, -0.1) is 0 Å². The molecule has 0 saturated heterocycles. The Bertz CT molecular complexity index is 640. The summed E-state index contributed by atoms with van der Waals surface area (Å²) in [6.07, 6.45) is 1.80. The third kappa shape index (κ3) is 3.60. The van der Waals surface area contributed by atoms with E-state index in [9.17, 15) is 8.42 Å². The van der Waals surface area contributed by atoms with E-state index >= 15 is 0 Å². The molecule has 0 unspecified atom stereocenters. The molecule has 2 rings (SSSR count). The Labute approximate surface area is 131 Å². The van der Waals surface area contributed by atoms with Gasteiger partial charge in [0.2, 0.25) is 10.0 Å². The molecule has 0 atom stereocenters. The summed E-state index contributed by atoms with van der Waals surface area (Å²) in [5.41, 5.74) is 6.87. The molecule has 1 aromatic carbocycles. The minimum absolute atomic E-state index is 0.0815. The highest BCUT2D eigenvalue weighted by atomic mass is 32.2. The molecule has 1 aliphatic carbocycles. The second-order valence-corrected chi connectivity index (χ2v) is 7.48. The fourth-order valence-electron chi connectivity index (χ4n) is 2.20. The Hall–Kier alpha value is -1.02. The van der Waals surface area contributed by atoms with E-state index in [1.54, 1.807) is 32.2 Å². The minimum Gasteiger partial charge on any atom is -0.389 e. The fourth-order valence-corrected chi connectivity index (χ4v) is 4.25. The van der Waals surface area contributed by atoms with Gasteiger partial charge in [0.05, 0.1) is 11.5 Å².